The molecular formula is C27H22F4N2O2. The van der Waals surface area contributed by atoms with E-state index in [2.05, 4.69) is 5.32 Å². The van der Waals surface area contributed by atoms with Crippen LogP contribution in [-0.2, 0) is 12.8 Å². The van der Waals surface area contributed by atoms with E-state index in [0.717, 1.165) is 6.07 Å². The van der Waals surface area contributed by atoms with Crippen LogP contribution in [0.25, 0.3) is 5.69 Å². The second-order valence-corrected chi connectivity index (χ2v) is 8.00. The maximum atomic E-state index is 13.8. The highest BCUT2D eigenvalue weighted by molar-refractivity contribution is 6.05. The van der Waals surface area contributed by atoms with Crippen LogP contribution in [0.5, 0.6) is 5.75 Å². The van der Waals surface area contributed by atoms with Crippen LogP contribution in [0.15, 0.2) is 78.9 Å². The first-order chi connectivity index (χ1) is 16.6. The molecule has 1 heterocycles. The Balaban J connectivity index is 1.55. The van der Waals surface area contributed by atoms with Gasteiger partial charge in [0.1, 0.15) is 18.2 Å². The number of carbonyl (C=O) groups excluding carboxylic acids is 1. The normalized spacial score (nSPS) is 11.4. The zero-order valence-electron chi connectivity index (χ0n) is 19.0. The molecule has 0 aliphatic carbocycles. The lowest BCUT2D eigenvalue weighted by Crippen LogP contribution is -2.15. The van der Waals surface area contributed by atoms with E-state index >= 15 is 0 Å². The van der Waals surface area contributed by atoms with Crippen LogP contribution in [0.3, 0.4) is 0 Å². The number of alkyl halides is 3. The lowest BCUT2D eigenvalue weighted by atomic mass is 10.1. The Kier molecular flexibility index (Phi) is 6.64. The Labute approximate surface area is 199 Å². The van der Waals surface area contributed by atoms with Crippen molar-refractivity contribution < 1.29 is 27.1 Å². The van der Waals surface area contributed by atoms with E-state index in [0.29, 0.717) is 28.4 Å². The molecule has 35 heavy (non-hydrogen) atoms. The summed E-state index contributed by atoms with van der Waals surface area (Å²) in [4.78, 5) is 13.0. The second kappa shape index (κ2) is 9.66. The molecule has 0 saturated heterocycles. The number of carbonyl (C=O) groups is 1. The topological polar surface area (TPSA) is 43.3 Å². The summed E-state index contributed by atoms with van der Waals surface area (Å²) in [5.74, 6) is -0.421. The summed E-state index contributed by atoms with van der Waals surface area (Å²) in [6.45, 7) is 3.26. The molecule has 0 fully saturated rings. The van der Waals surface area contributed by atoms with Crippen LogP contribution < -0.4 is 10.1 Å². The number of para-hydroxylation sites is 1. The van der Waals surface area contributed by atoms with Crippen molar-refractivity contribution in [2.24, 2.45) is 0 Å². The number of ether oxygens (including phenoxy) is 1. The Hall–Kier alpha value is -4.07. The van der Waals surface area contributed by atoms with Gasteiger partial charge >= 0.3 is 6.18 Å². The first kappa shape index (κ1) is 24.1. The fraction of sp³-hybridized carbons (Fsp3) is 0.148. The van der Waals surface area contributed by atoms with Gasteiger partial charge in [-0.15, -0.1) is 0 Å². The smallest absolute Gasteiger partial charge is 0.418 e. The minimum atomic E-state index is -4.54. The second-order valence-electron chi connectivity index (χ2n) is 8.00. The highest BCUT2D eigenvalue weighted by Crippen LogP contribution is 2.35. The van der Waals surface area contributed by atoms with Crippen molar-refractivity contribution in [1.82, 2.24) is 4.57 Å². The van der Waals surface area contributed by atoms with Gasteiger partial charge in [-0.1, -0.05) is 36.4 Å². The van der Waals surface area contributed by atoms with Crippen LogP contribution >= 0.6 is 0 Å². The molecule has 180 valence electrons. The quantitative estimate of drug-likeness (QED) is 0.298. The molecule has 0 radical (unpaired) electrons. The molecule has 0 atom stereocenters. The summed E-state index contributed by atoms with van der Waals surface area (Å²) in [6.07, 6.45) is -4.54. The van der Waals surface area contributed by atoms with Crippen LogP contribution in [0, 0.1) is 19.7 Å². The van der Waals surface area contributed by atoms with Crippen molar-refractivity contribution in [2.45, 2.75) is 26.6 Å². The molecule has 4 nitrogen and oxygen atoms in total. The van der Waals surface area contributed by atoms with Crippen molar-refractivity contribution in [3.05, 3.63) is 113 Å². The number of hydrogen-bond acceptors (Lipinski definition) is 2. The van der Waals surface area contributed by atoms with E-state index in [1.54, 1.807) is 62.4 Å². The molecule has 3 aromatic carbocycles. The van der Waals surface area contributed by atoms with E-state index in [4.69, 9.17) is 4.74 Å². The van der Waals surface area contributed by atoms with E-state index in [-0.39, 0.29) is 23.7 Å². The van der Waals surface area contributed by atoms with Crippen LogP contribution in [0.1, 0.15) is 32.9 Å². The number of halogens is 4. The number of aryl methyl sites for hydroxylation is 1. The molecule has 1 aromatic heterocycles. The summed E-state index contributed by atoms with van der Waals surface area (Å²) >= 11 is 0. The molecule has 0 unspecified atom stereocenters. The van der Waals surface area contributed by atoms with Crippen molar-refractivity contribution in [2.75, 3.05) is 5.32 Å². The first-order valence-corrected chi connectivity index (χ1v) is 10.8. The fourth-order valence-corrected chi connectivity index (χ4v) is 3.91. The summed E-state index contributed by atoms with van der Waals surface area (Å²) in [6, 6.07) is 19.7. The van der Waals surface area contributed by atoms with Gasteiger partial charge < -0.3 is 14.6 Å². The molecule has 0 bridgehead atoms. The minimum absolute atomic E-state index is 0.0177. The molecule has 0 aliphatic rings. The zero-order chi connectivity index (χ0) is 25.2. The SMILES string of the molecule is Cc1cc(C(=O)Nc2cccc(OCc3ccccc3F)c2)c(C)n1-c1ccccc1C(F)(F)F. The molecule has 4 rings (SSSR count). The number of nitrogens with zero attached hydrogens (tertiary/aromatic N) is 1. The van der Waals surface area contributed by atoms with E-state index in [1.807, 2.05) is 0 Å². The summed E-state index contributed by atoms with van der Waals surface area (Å²) < 4.78 is 61.6. The molecule has 1 amide bonds. The van der Waals surface area contributed by atoms with Gasteiger partial charge in [0, 0.05) is 28.7 Å². The van der Waals surface area contributed by atoms with Gasteiger partial charge in [-0.3, -0.25) is 4.79 Å². The fourth-order valence-electron chi connectivity index (χ4n) is 3.91. The third kappa shape index (κ3) is 5.21. The van der Waals surface area contributed by atoms with E-state index in [1.165, 1.54) is 28.8 Å². The molecule has 8 heteroatoms. The van der Waals surface area contributed by atoms with E-state index in [9.17, 15) is 22.4 Å². The molecule has 0 aliphatic heterocycles. The summed E-state index contributed by atoms with van der Waals surface area (Å²) in [5, 5.41) is 2.76. The van der Waals surface area contributed by atoms with Crippen molar-refractivity contribution >= 4 is 11.6 Å². The average molecular weight is 482 g/mol. The van der Waals surface area contributed by atoms with Crippen molar-refractivity contribution in [1.29, 1.82) is 0 Å². The van der Waals surface area contributed by atoms with Gasteiger partial charge in [-0.25, -0.2) is 4.39 Å². The molecule has 0 spiro atoms. The lowest BCUT2D eigenvalue weighted by Gasteiger charge is -2.17. The Morgan fingerprint density at radius 1 is 0.943 bits per heavy atom. The number of anilines is 1. The molecule has 4 aromatic rings. The average Bonchev–Trinajstić information content (AvgIpc) is 3.12. The predicted molar refractivity (Wildman–Crippen MR) is 125 cm³/mol. The molecule has 1 N–H and O–H groups in total. The number of benzene rings is 3. The van der Waals surface area contributed by atoms with Gasteiger partial charge in [-0.2, -0.15) is 13.2 Å². The Bertz CT molecular complexity index is 1380. The maximum Gasteiger partial charge on any atom is 0.418 e. The van der Waals surface area contributed by atoms with Crippen molar-refractivity contribution in [3.63, 3.8) is 0 Å². The third-order valence-electron chi connectivity index (χ3n) is 5.57. The third-order valence-corrected chi connectivity index (χ3v) is 5.57. The Morgan fingerprint density at radius 2 is 1.66 bits per heavy atom. The highest BCUT2D eigenvalue weighted by atomic mass is 19.4. The van der Waals surface area contributed by atoms with Gasteiger partial charge in [0.25, 0.3) is 5.91 Å². The monoisotopic (exact) mass is 482 g/mol. The maximum absolute atomic E-state index is 13.8. The number of aromatic nitrogens is 1. The zero-order valence-corrected chi connectivity index (χ0v) is 19.0. The van der Waals surface area contributed by atoms with Gasteiger partial charge in [-0.05, 0) is 50.2 Å². The predicted octanol–water partition coefficient (Wildman–Crippen LogP) is 7.08. The van der Waals surface area contributed by atoms with E-state index < -0.39 is 17.6 Å². The van der Waals surface area contributed by atoms with Gasteiger partial charge in [0.05, 0.1) is 16.8 Å². The first-order valence-electron chi connectivity index (χ1n) is 10.8. The number of amides is 1. The number of rotatable bonds is 6. The summed E-state index contributed by atoms with van der Waals surface area (Å²) in [5.41, 5.74) is 1.12. The standard InChI is InChI=1S/C27H22F4N2O2/c1-17-14-22(18(2)33(17)25-13-6-4-11-23(25)27(29,30)31)26(34)32-20-9-7-10-21(15-20)35-16-19-8-3-5-12-24(19)28/h3-15H,16H2,1-2H3,(H,32,34). The largest absolute Gasteiger partial charge is 0.489 e. The highest BCUT2D eigenvalue weighted by Gasteiger charge is 2.34. The van der Waals surface area contributed by atoms with Gasteiger partial charge in [0.2, 0.25) is 0 Å². The van der Waals surface area contributed by atoms with Crippen LogP contribution in [0.2, 0.25) is 0 Å². The summed E-state index contributed by atoms with van der Waals surface area (Å²) in [7, 11) is 0. The lowest BCUT2D eigenvalue weighted by molar-refractivity contribution is -0.137. The minimum Gasteiger partial charge on any atom is -0.489 e. The molecular weight excluding hydrogens is 460 g/mol. The van der Waals surface area contributed by atoms with Gasteiger partial charge in [0.15, 0.2) is 0 Å². The van der Waals surface area contributed by atoms with Crippen molar-refractivity contribution in [3.8, 4) is 11.4 Å². The van der Waals surface area contributed by atoms with Crippen LogP contribution in [0.4, 0.5) is 23.2 Å². The molecule has 0 saturated carbocycles. The number of hydrogen-bond donors (Lipinski definition) is 1. The Morgan fingerprint density at radius 3 is 2.40 bits per heavy atom. The number of nitrogens with one attached hydrogen (secondary N) is 1. The van der Waals surface area contributed by atoms with Crippen LogP contribution in [-0.4, -0.2) is 10.5 Å².